The Labute approximate surface area is 118 Å². The summed E-state index contributed by atoms with van der Waals surface area (Å²) in [7, 11) is 0. The van der Waals surface area contributed by atoms with Gasteiger partial charge in [0, 0.05) is 24.0 Å². The van der Waals surface area contributed by atoms with E-state index in [0.717, 1.165) is 30.0 Å². The van der Waals surface area contributed by atoms with Gasteiger partial charge in [-0.2, -0.15) is 0 Å². The minimum Gasteiger partial charge on any atom is -0.370 e. The minimum atomic E-state index is 0.562. The van der Waals surface area contributed by atoms with E-state index in [1.807, 2.05) is 13.8 Å². The molecule has 0 aliphatic carbocycles. The van der Waals surface area contributed by atoms with Crippen LogP contribution in [0.15, 0.2) is 18.3 Å². The summed E-state index contributed by atoms with van der Waals surface area (Å²) in [5.41, 5.74) is 2.61. The largest absolute Gasteiger partial charge is 0.370 e. The van der Waals surface area contributed by atoms with Crippen molar-refractivity contribution >= 4 is 17.4 Å². The molecule has 2 aromatic heterocycles. The smallest absolute Gasteiger partial charge is 0.181 e. The van der Waals surface area contributed by atoms with Crippen molar-refractivity contribution in [2.75, 3.05) is 11.9 Å². The predicted octanol–water partition coefficient (Wildman–Crippen LogP) is 3.63. The molecular formula is C14H17ClN4. The Bertz CT molecular complexity index is 584. The number of halogens is 1. The van der Waals surface area contributed by atoms with Crippen LogP contribution in [0.4, 0.5) is 5.82 Å². The van der Waals surface area contributed by atoms with E-state index in [1.165, 1.54) is 0 Å². The lowest BCUT2D eigenvalue weighted by Gasteiger charge is -2.11. The zero-order valence-corrected chi connectivity index (χ0v) is 12.1. The van der Waals surface area contributed by atoms with Gasteiger partial charge in [0.1, 0.15) is 11.5 Å². The molecule has 2 aromatic rings. The van der Waals surface area contributed by atoms with Crippen molar-refractivity contribution in [3.8, 4) is 11.5 Å². The van der Waals surface area contributed by atoms with Crippen molar-refractivity contribution in [2.45, 2.75) is 27.2 Å². The van der Waals surface area contributed by atoms with Crippen LogP contribution in [-0.2, 0) is 0 Å². The molecule has 5 heteroatoms. The molecule has 0 aliphatic heterocycles. The number of nitrogens with zero attached hydrogens (tertiary/aromatic N) is 3. The van der Waals surface area contributed by atoms with Crippen molar-refractivity contribution in [1.29, 1.82) is 0 Å². The SMILES string of the molecule is CCCNc1nc(-c2ncccc2Cl)nc(C)c1C. The molecule has 1 N–H and O–H groups in total. The quantitative estimate of drug-likeness (QED) is 0.926. The highest BCUT2D eigenvalue weighted by Gasteiger charge is 2.12. The maximum Gasteiger partial charge on any atom is 0.181 e. The number of aromatic nitrogens is 3. The van der Waals surface area contributed by atoms with Crippen LogP contribution < -0.4 is 5.32 Å². The molecule has 2 heterocycles. The fourth-order valence-corrected chi connectivity index (χ4v) is 1.91. The Kier molecular flexibility index (Phi) is 4.32. The van der Waals surface area contributed by atoms with E-state index < -0.39 is 0 Å². The van der Waals surface area contributed by atoms with Gasteiger partial charge >= 0.3 is 0 Å². The van der Waals surface area contributed by atoms with Crippen LogP contribution in [0.1, 0.15) is 24.6 Å². The van der Waals surface area contributed by atoms with E-state index in [0.29, 0.717) is 16.5 Å². The number of hydrogen-bond donors (Lipinski definition) is 1. The number of nitrogens with one attached hydrogen (secondary N) is 1. The number of hydrogen-bond acceptors (Lipinski definition) is 4. The van der Waals surface area contributed by atoms with E-state index in [1.54, 1.807) is 18.3 Å². The summed E-state index contributed by atoms with van der Waals surface area (Å²) in [5, 5.41) is 3.87. The van der Waals surface area contributed by atoms with Crippen molar-refractivity contribution in [1.82, 2.24) is 15.0 Å². The molecule has 100 valence electrons. The van der Waals surface area contributed by atoms with Crippen molar-refractivity contribution in [2.24, 2.45) is 0 Å². The second-order valence-corrected chi connectivity index (χ2v) is 4.77. The lowest BCUT2D eigenvalue weighted by molar-refractivity contribution is 0.953. The molecule has 0 saturated carbocycles. The van der Waals surface area contributed by atoms with Gasteiger partial charge in [-0.25, -0.2) is 9.97 Å². The van der Waals surface area contributed by atoms with Gasteiger partial charge in [-0.05, 0) is 32.4 Å². The summed E-state index contributed by atoms with van der Waals surface area (Å²) >= 11 is 6.14. The first-order chi connectivity index (χ1) is 9.13. The Morgan fingerprint density at radius 1 is 1.26 bits per heavy atom. The normalized spacial score (nSPS) is 10.5. The fourth-order valence-electron chi connectivity index (χ4n) is 1.70. The van der Waals surface area contributed by atoms with E-state index in [-0.39, 0.29) is 0 Å². The predicted molar refractivity (Wildman–Crippen MR) is 78.5 cm³/mol. The number of anilines is 1. The van der Waals surface area contributed by atoms with Crippen molar-refractivity contribution < 1.29 is 0 Å². The van der Waals surface area contributed by atoms with Crippen LogP contribution in [0, 0.1) is 13.8 Å². The van der Waals surface area contributed by atoms with Gasteiger partial charge in [-0.1, -0.05) is 18.5 Å². The molecule has 0 aliphatic rings. The molecule has 0 atom stereocenters. The topological polar surface area (TPSA) is 50.7 Å². The summed E-state index contributed by atoms with van der Waals surface area (Å²) in [6.07, 6.45) is 2.74. The number of aryl methyl sites for hydroxylation is 1. The van der Waals surface area contributed by atoms with Gasteiger partial charge in [0.2, 0.25) is 0 Å². The van der Waals surface area contributed by atoms with E-state index in [2.05, 4.69) is 27.2 Å². The van der Waals surface area contributed by atoms with Crippen LogP contribution in [-0.4, -0.2) is 21.5 Å². The average Bonchev–Trinajstić information content (AvgIpc) is 2.41. The summed E-state index contributed by atoms with van der Waals surface area (Å²) in [4.78, 5) is 13.3. The molecule has 0 fully saturated rings. The van der Waals surface area contributed by atoms with Crippen molar-refractivity contribution in [3.05, 3.63) is 34.6 Å². The first kappa shape index (κ1) is 13.7. The standard InChI is InChI=1S/C14H17ClN4/c1-4-7-17-13-9(2)10(3)18-14(19-13)12-11(15)6-5-8-16-12/h5-6,8H,4,7H2,1-3H3,(H,17,18,19). The molecule has 0 amide bonds. The highest BCUT2D eigenvalue weighted by atomic mass is 35.5. The van der Waals surface area contributed by atoms with Crippen LogP contribution in [0.5, 0.6) is 0 Å². The number of pyridine rings is 1. The van der Waals surface area contributed by atoms with E-state index >= 15 is 0 Å². The molecule has 19 heavy (non-hydrogen) atoms. The van der Waals surface area contributed by atoms with Crippen molar-refractivity contribution in [3.63, 3.8) is 0 Å². The fraction of sp³-hybridized carbons (Fsp3) is 0.357. The molecule has 4 nitrogen and oxygen atoms in total. The highest BCUT2D eigenvalue weighted by Crippen LogP contribution is 2.25. The van der Waals surface area contributed by atoms with Gasteiger partial charge in [-0.3, -0.25) is 4.98 Å². The minimum absolute atomic E-state index is 0.562. The lowest BCUT2D eigenvalue weighted by Crippen LogP contribution is -2.08. The molecule has 0 radical (unpaired) electrons. The van der Waals surface area contributed by atoms with Crippen LogP contribution in [0.3, 0.4) is 0 Å². The Balaban J connectivity index is 2.47. The molecule has 2 rings (SSSR count). The average molecular weight is 277 g/mol. The molecule has 0 bridgehead atoms. The van der Waals surface area contributed by atoms with Crippen LogP contribution in [0.25, 0.3) is 11.5 Å². The Morgan fingerprint density at radius 3 is 2.74 bits per heavy atom. The monoisotopic (exact) mass is 276 g/mol. The number of rotatable bonds is 4. The molecular weight excluding hydrogens is 260 g/mol. The first-order valence-electron chi connectivity index (χ1n) is 6.33. The van der Waals surface area contributed by atoms with E-state index in [4.69, 9.17) is 11.6 Å². The van der Waals surface area contributed by atoms with Gasteiger partial charge < -0.3 is 5.32 Å². The van der Waals surface area contributed by atoms with E-state index in [9.17, 15) is 0 Å². The van der Waals surface area contributed by atoms with Crippen LogP contribution >= 0.6 is 11.6 Å². The van der Waals surface area contributed by atoms with Crippen LogP contribution in [0.2, 0.25) is 5.02 Å². The summed E-state index contributed by atoms with van der Waals surface area (Å²) in [5.74, 6) is 1.42. The molecule has 0 spiro atoms. The Morgan fingerprint density at radius 2 is 2.05 bits per heavy atom. The Hall–Kier alpha value is -1.68. The second-order valence-electron chi connectivity index (χ2n) is 4.37. The molecule has 0 aromatic carbocycles. The van der Waals surface area contributed by atoms with Gasteiger partial charge in [0.15, 0.2) is 5.82 Å². The van der Waals surface area contributed by atoms with Gasteiger partial charge in [0.25, 0.3) is 0 Å². The second kappa shape index (κ2) is 5.97. The summed E-state index contributed by atoms with van der Waals surface area (Å²) in [6.45, 7) is 6.98. The third kappa shape index (κ3) is 3.01. The maximum atomic E-state index is 6.14. The van der Waals surface area contributed by atoms with Gasteiger partial charge in [-0.15, -0.1) is 0 Å². The molecule has 0 saturated heterocycles. The maximum absolute atomic E-state index is 6.14. The summed E-state index contributed by atoms with van der Waals surface area (Å²) in [6, 6.07) is 3.59. The molecule has 0 unspecified atom stereocenters. The third-order valence-electron chi connectivity index (χ3n) is 2.90. The third-order valence-corrected chi connectivity index (χ3v) is 3.21. The zero-order valence-electron chi connectivity index (χ0n) is 11.4. The zero-order chi connectivity index (χ0) is 13.8. The van der Waals surface area contributed by atoms with Gasteiger partial charge in [0.05, 0.1) is 5.02 Å². The summed E-state index contributed by atoms with van der Waals surface area (Å²) < 4.78 is 0. The first-order valence-corrected chi connectivity index (χ1v) is 6.71. The lowest BCUT2D eigenvalue weighted by atomic mass is 10.2. The highest BCUT2D eigenvalue weighted by molar-refractivity contribution is 6.32.